The van der Waals surface area contributed by atoms with Crippen LogP contribution in [0.15, 0.2) is 53.3 Å². The number of hydrogen-bond acceptors (Lipinski definition) is 7. The minimum absolute atomic E-state index is 0.0173. The minimum atomic E-state index is -0.773. The van der Waals surface area contributed by atoms with Gasteiger partial charge in [0.25, 0.3) is 5.56 Å². The molecule has 9 heteroatoms. The molecule has 2 aromatic carbocycles. The van der Waals surface area contributed by atoms with Gasteiger partial charge in [-0.2, -0.15) is 5.10 Å². The Morgan fingerprint density at radius 2 is 1.76 bits per heavy atom. The van der Waals surface area contributed by atoms with Gasteiger partial charge in [-0.25, -0.2) is 9.48 Å². The summed E-state index contributed by atoms with van der Waals surface area (Å²) in [6.07, 6.45) is 0. The second kappa shape index (κ2) is 8.18. The highest BCUT2D eigenvalue weighted by Crippen LogP contribution is 2.35. The molecule has 0 spiro atoms. The van der Waals surface area contributed by atoms with E-state index in [0.717, 1.165) is 16.1 Å². The molecule has 0 unspecified atom stereocenters. The number of fused-ring (bicyclic) bond motifs is 2. The van der Waals surface area contributed by atoms with Crippen molar-refractivity contribution in [3.05, 3.63) is 81.5 Å². The van der Waals surface area contributed by atoms with Crippen LogP contribution in [-0.4, -0.2) is 39.5 Å². The summed E-state index contributed by atoms with van der Waals surface area (Å²) in [4.78, 5) is 38.0. The standard InChI is InChI=1S/C25H21N3O6/c1-14-10-19(15(2)28(14)16-8-9-21-22(11-16)34-13-33-21)20(29)12-32-25(31)23-17-6-4-5-7-18(17)24(30)27(3)26-23/h4-11H,12-13H2,1-3H3. The highest BCUT2D eigenvalue weighted by molar-refractivity contribution is 6.04. The number of carbonyl (C=O) groups excluding carboxylic acids is 2. The monoisotopic (exact) mass is 459 g/mol. The second-order valence-corrected chi connectivity index (χ2v) is 7.98. The normalized spacial score (nSPS) is 12.2. The third-order valence-electron chi connectivity index (χ3n) is 5.83. The Balaban J connectivity index is 1.39. The molecule has 172 valence electrons. The van der Waals surface area contributed by atoms with Crippen molar-refractivity contribution in [3.8, 4) is 17.2 Å². The Morgan fingerprint density at radius 3 is 2.56 bits per heavy atom. The fraction of sp³-hybridized carbons (Fsp3) is 0.200. The van der Waals surface area contributed by atoms with E-state index < -0.39 is 12.6 Å². The number of nitrogens with zero attached hydrogens (tertiary/aromatic N) is 3. The maximum Gasteiger partial charge on any atom is 0.359 e. The smallest absolute Gasteiger partial charge is 0.359 e. The van der Waals surface area contributed by atoms with E-state index in [9.17, 15) is 14.4 Å². The van der Waals surface area contributed by atoms with Crippen molar-refractivity contribution in [2.75, 3.05) is 13.4 Å². The van der Waals surface area contributed by atoms with Gasteiger partial charge < -0.3 is 18.8 Å². The summed E-state index contributed by atoms with van der Waals surface area (Å²) < 4.78 is 19.1. The predicted molar refractivity (Wildman–Crippen MR) is 123 cm³/mol. The zero-order valence-corrected chi connectivity index (χ0v) is 18.8. The van der Waals surface area contributed by atoms with Crippen LogP contribution in [0.5, 0.6) is 11.5 Å². The van der Waals surface area contributed by atoms with Gasteiger partial charge in [-0.15, -0.1) is 0 Å². The molecule has 0 N–H and O–H groups in total. The second-order valence-electron chi connectivity index (χ2n) is 7.98. The molecule has 34 heavy (non-hydrogen) atoms. The maximum absolute atomic E-state index is 13.0. The van der Waals surface area contributed by atoms with E-state index in [1.165, 1.54) is 7.05 Å². The first-order valence-corrected chi connectivity index (χ1v) is 10.6. The number of aryl methyl sites for hydroxylation is 2. The Morgan fingerprint density at radius 1 is 1.03 bits per heavy atom. The van der Waals surface area contributed by atoms with Gasteiger partial charge in [0, 0.05) is 41.1 Å². The van der Waals surface area contributed by atoms with E-state index in [1.807, 2.05) is 36.6 Å². The first-order chi connectivity index (χ1) is 16.3. The van der Waals surface area contributed by atoms with Gasteiger partial charge in [0.05, 0.1) is 5.39 Å². The predicted octanol–water partition coefficient (Wildman–Crippen LogP) is 3.11. The third-order valence-corrected chi connectivity index (χ3v) is 5.83. The average molecular weight is 459 g/mol. The molecule has 0 atom stereocenters. The average Bonchev–Trinajstić information content (AvgIpc) is 3.42. The van der Waals surface area contributed by atoms with Gasteiger partial charge in [0.15, 0.2) is 23.8 Å². The molecule has 5 rings (SSSR count). The lowest BCUT2D eigenvalue weighted by Crippen LogP contribution is -2.24. The van der Waals surface area contributed by atoms with Crippen LogP contribution in [-0.2, 0) is 11.8 Å². The number of esters is 1. The lowest BCUT2D eigenvalue weighted by Gasteiger charge is -2.11. The molecule has 0 radical (unpaired) electrons. The molecule has 0 bridgehead atoms. The Labute approximate surface area is 194 Å². The summed E-state index contributed by atoms with van der Waals surface area (Å²) >= 11 is 0. The number of ether oxygens (including phenoxy) is 3. The van der Waals surface area contributed by atoms with Crippen LogP contribution in [0.25, 0.3) is 16.5 Å². The van der Waals surface area contributed by atoms with Gasteiger partial charge in [-0.05, 0) is 38.1 Å². The van der Waals surface area contributed by atoms with Crippen molar-refractivity contribution in [3.63, 3.8) is 0 Å². The number of carbonyl (C=O) groups is 2. The van der Waals surface area contributed by atoms with E-state index in [2.05, 4.69) is 5.10 Å². The topological polar surface area (TPSA) is 102 Å². The van der Waals surface area contributed by atoms with Crippen LogP contribution in [0, 0.1) is 13.8 Å². The number of hydrogen-bond donors (Lipinski definition) is 0. The zero-order chi connectivity index (χ0) is 24.0. The molecular formula is C25H21N3O6. The van der Waals surface area contributed by atoms with Crippen LogP contribution in [0.3, 0.4) is 0 Å². The van der Waals surface area contributed by atoms with E-state index in [-0.39, 0.29) is 23.8 Å². The van der Waals surface area contributed by atoms with E-state index in [4.69, 9.17) is 14.2 Å². The fourth-order valence-corrected chi connectivity index (χ4v) is 4.19. The molecule has 0 aliphatic carbocycles. The quantitative estimate of drug-likeness (QED) is 0.334. The molecule has 1 aliphatic rings. The van der Waals surface area contributed by atoms with Crippen LogP contribution in [0.4, 0.5) is 0 Å². The minimum Gasteiger partial charge on any atom is -0.454 e. The molecule has 0 saturated heterocycles. The van der Waals surface area contributed by atoms with Crippen molar-refractivity contribution >= 4 is 22.5 Å². The molecule has 9 nitrogen and oxygen atoms in total. The van der Waals surface area contributed by atoms with Gasteiger partial charge >= 0.3 is 5.97 Å². The zero-order valence-electron chi connectivity index (χ0n) is 18.8. The highest BCUT2D eigenvalue weighted by atomic mass is 16.7. The Kier molecular flexibility index (Phi) is 5.16. The van der Waals surface area contributed by atoms with Crippen LogP contribution in [0.2, 0.25) is 0 Å². The maximum atomic E-state index is 13.0. The van der Waals surface area contributed by atoms with Crippen molar-refractivity contribution in [2.45, 2.75) is 13.8 Å². The van der Waals surface area contributed by atoms with Crippen molar-refractivity contribution in [1.29, 1.82) is 0 Å². The van der Waals surface area contributed by atoms with Crippen LogP contribution in [0.1, 0.15) is 32.2 Å². The summed E-state index contributed by atoms with van der Waals surface area (Å²) in [5.74, 6) is 0.199. The molecule has 1 aliphatic heterocycles. The van der Waals surface area contributed by atoms with Gasteiger partial charge in [0.2, 0.25) is 12.6 Å². The molecule has 0 amide bonds. The number of rotatable bonds is 5. The molecule has 2 aromatic heterocycles. The summed E-state index contributed by atoms with van der Waals surface area (Å²) in [5.41, 5.74) is 2.49. The van der Waals surface area contributed by atoms with Crippen molar-refractivity contribution in [1.82, 2.24) is 14.3 Å². The molecular weight excluding hydrogens is 438 g/mol. The van der Waals surface area contributed by atoms with Gasteiger partial charge in [-0.3, -0.25) is 9.59 Å². The summed E-state index contributed by atoms with van der Waals surface area (Å²) in [5, 5.41) is 4.78. The van der Waals surface area contributed by atoms with E-state index in [1.54, 1.807) is 30.3 Å². The van der Waals surface area contributed by atoms with Gasteiger partial charge in [0.1, 0.15) is 0 Å². The Bertz CT molecular complexity index is 1530. The number of Topliss-reactive ketones (excluding diaryl/α,β-unsaturated/α-hetero) is 1. The lowest BCUT2D eigenvalue weighted by atomic mass is 10.1. The van der Waals surface area contributed by atoms with E-state index >= 15 is 0 Å². The molecule has 4 aromatic rings. The number of ketones is 1. The number of aromatic nitrogens is 3. The molecule has 3 heterocycles. The van der Waals surface area contributed by atoms with E-state index in [0.29, 0.717) is 33.5 Å². The summed E-state index contributed by atoms with van der Waals surface area (Å²) in [6.45, 7) is 3.44. The largest absolute Gasteiger partial charge is 0.454 e. The molecule has 0 saturated carbocycles. The first-order valence-electron chi connectivity index (χ1n) is 10.6. The SMILES string of the molecule is Cc1cc(C(=O)COC(=O)c2nn(C)c(=O)c3ccccc23)c(C)n1-c1ccc2c(c1)OCO2. The van der Waals surface area contributed by atoms with Crippen LogP contribution >= 0.6 is 0 Å². The summed E-state index contributed by atoms with van der Waals surface area (Å²) in [7, 11) is 1.46. The van der Waals surface area contributed by atoms with Gasteiger partial charge in [-0.1, -0.05) is 18.2 Å². The molecule has 0 fully saturated rings. The summed E-state index contributed by atoms with van der Waals surface area (Å²) in [6, 6.07) is 14.0. The Hall–Kier alpha value is -4.40. The highest BCUT2D eigenvalue weighted by Gasteiger charge is 2.22. The number of benzene rings is 2. The lowest BCUT2D eigenvalue weighted by molar-refractivity contribution is 0.0468. The fourth-order valence-electron chi connectivity index (χ4n) is 4.19. The van der Waals surface area contributed by atoms with Crippen molar-refractivity contribution in [2.24, 2.45) is 7.05 Å². The third kappa shape index (κ3) is 3.51. The first kappa shape index (κ1) is 21.4. The van der Waals surface area contributed by atoms with Crippen LogP contribution < -0.4 is 15.0 Å². The van der Waals surface area contributed by atoms with Crippen molar-refractivity contribution < 1.29 is 23.8 Å².